The number of rotatable bonds is 16. The van der Waals surface area contributed by atoms with Gasteiger partial charge in [-0.15, -0.1) is 0 Å². The van der Waals surface area contributed by atoms with Gasteiger partial charge in [0.1, 0.15) is 18.5 Å². The van der Waals surface area contributed by atoms with Gasteiger partial charge in [-0.3, -0.25) is 0 Å². The minimum atomic E-state index is 0.328. The van der Waals surface area contributed by atoms with Crippen molar-refractivity contribution in [2.45, 2.75) is 90.1 Å². The minimum Gasteiger partial charge on any atom is -0.491 e. The van der Waals surface area contributed by atoms with Crippen molar-refractivity contribution in [2.24, 2.45) is 0 Å². The first kappa shape index (κ1) is 21.0. The SMILES string of the molecule is CCCCCC/C=C/CCCCCCCc1cccc(OCC2CO2)c1. The lowest BCUT2D eigenvalue weighted by Gasteiger charge is -2.07. The van der Waals surface area contributed by atoms with Crippen LogP contribution >= 0.6 is 0 Å². The van der Waals surface area contributed by atoms with Crippen LogP contribution in [0.3, 0.4) is 0 Å². The zero-order valence-electron chi connectivity index (χ0n) is 16.8. The molecule has 0 aromatic heterocycles. The number of hydrogen-bond donors (Lipinski definition) is 0. The number of aryl methyl sites for hydroxylation is 1. The molecule has 2 heteroatoms. The van der Waals surface area contributed by atoms with E-state index in [0.717, 1.165) is 18.8 Å². The molecule has 1 aromatic rings. The predicted molar refractivity (Wildman–Crippen MR) is 111 cm³/mol. The first-order chi connectivity index (χ1) is 12.9. The molecular weight excluding hydrogens is 320 g/mol. The van der Waals surface area contributed by atoms with Gasteiger partial charge in [0.25, 0.3) is 0 Å². The van der Waals surface area contributed by atoms with Gasteiger partial charge in [0.15, 0.2) is 0 Å². The zero-order valence-corrected chi connectivity index (χ0v) is 16.8. The number of benzene rings is 1. The molecule has 1 aromatic carbocycles. The van der Waals surface area contributed by atoms with Gasteiger partial charge in [-0.05, 0) is 56.2 Å². The lowest BCUT2D eigenvalue weighted by atomic mass is 10.0. The van der Waals surface area contributed by atoms with E-state index in [9.17, 15) is 0 Å². The van der Waals surface area contributed by atoms with Gasteiger partial charge < -0.3 is 9.47 Å². The average molecular weight is 359 g/mol. The van der Waals surface area contributed by atoms with E-state index in [4.69, 9.17) is 9.47 Å². The maximum absolute atomic E-state index is 5.76. The van der Waals surface area contributed by atoms with E-state index < -0.39 is 0 Å². The number of hydrogen-bond acceptors (Lipinski definition) is 2. The third kappa shape index (κ3) is 10.7. The Morgan fingerprint density at radius 2 is 1.65 bits per heavy atom. The van der Waals surface area contributed by atoms with Crippen molar-refractivity contribution in [1.82, 2.24) is 0 Å². The molecule has 0 aliphatic carbocycles. The Morgan fingerprint density at radius 3 is 2.38 bits per heavy atom. The largest absolute Gasteiger partial charge is 0.491 e. The molecule has 0 N–H and O–H groups in total. The van der Waals surface area contributed by atoms with Crippen LogP contribution in [0.5, 0.6) is 5.75 Å². The van der Waals surface area contributed by atoms with E-state index >= 15 is 0 Å². The van der Waals surface area contributed by atoms with Crippen LogP contribution in [-0.4, -0.2) is 19.3 Å². The second kappa shape index (κ2) is 13.9. The fraction of sp³-hybridized carbons (Fsp3) is 0.667. The number of allylic oxidation sites excluding steroid dienone is 2. The van der Waals surface area contributed by atoms with Gasteiger partial charge in [-0.25, -0.2) is 0 Å². The molecule has 0 bridgehead atoms. The maximum atomic E-state index is 5.76. The summed E-state index contributed by atoms with van der Waals surface area (Å²) in [5.74, 6) is 0.986. The smallest absolute Gasteiger partial charge is 0.119 e. The quantitative estimate of drug-likeness (QED) is 0.183. The summed E-state index contributed by atoms with van der Waals surface area (Å²) in [6, 6.07) is 8.55. The molecule has 146 valence electrons. The van der Waals surface area contributed by atoms with Crippen LogP contribution in [-0.2, 0) is 11.2 Å². The maximum Gasteiger partial charge on any atom is 0.119 e. The summed E-state index contributed by atoms with van der Waals surface area (Å²) in [4.78, 5) is 0. The van der Waals surface area contributed by atoms with Gasteiger partial charge in [-0.1, -0.05) is 69.7 Å². The molecular formula is C24H38O2. The fourth-order valence-corrected chi connectivity index (χ4v) is 3.19. The highest BCUT2D eigenvalue weighted by atomic mass is 16.6. The molecule has 2 nitrogen and oxygen atoms in total. The average Bonchev–Trinajstić information content (AvgIpc) is 3.49. The first-order valence-electron chi connectivity index (χ1n) is 10.9. The van der Waals surface area contributed by atoms with Crippen molar-refractivity contribution in [1.29, 1.82) is 0 Å². The first-order valence-corrected chi connectivity index (χ1v) is 10.9. The summed E-state index contributed by atoms with van der Waals surface area (Å²) in [6.45, 7) is 3.82. The zero-order chi connectivity index (χ0) is 18.3. The second-order valence-electron chi connectivity index (χ2n) is 7.54. The van der Waals surface area contributed by atoms with Crippen LogP contribution in [0.2, 0.25) is 0 Å². The van der Waals surface area contributed by atoms with Crippen molar-refractivity contribution in [3.63, 3.8) is 0 Å². The van der Waals surface area contributed by atoms with Crippen LogP contribution in [0.1, 0.15) is 83.1 Å². The standard InChI is InChI=1S/C24H38O2/c1-2-3-4-5-6-7-8-9-10-11-12-13-14-16-22-17-15-18-23(19-22)25-20-24-21-26-24/h7-8,15,17-19,24H,2-6,9-14,16,20-21H2,1H3/b8-7+. The van der Waals surface area contributed by atoms with Crippen LogP contribution < -0.4 is 4.74 Å². The van der Waals surface area contributed by atoms with Gasteiger partial charge >= 0.3 is 0 Å². The van der Waals surface area contributed by atoms with Gasteiger partial charge in [-0.2, -0.15) is 0 Å². The van der Waals surface area contributed by atoms with Crippen molar-refractivity contribution < 1.29 is 9.47 Å². The van der Waals surface area contributed by atoms with E-state index in [1.807, 2.05) is 6.07 Å². The highest BCUT2D eigenvalue weighted by molar-refractivity contribution is 5.28. The third-order valence-electron chi connectivity index (χ3n) is 4.96. The van der Waals surface area contributed by atoms with Crippen molar-refractivity contribution in [3.05, 3.63) is 42.0 Å². The van der Waals surface area contributed by atoms with Crippen molar-refractivity contribution >= 4 is 0 Å². The highest BCUT2D eigenvalue weighted by Gasteiger charge is 2.22. The molecule has 26 heavy (non-hydrogen) atoms. The molecule has 0 spiro atoms. The molecule has 1 saturated heterocycles. The summed E-state index contributed by atoms with van der Waals surface area (Å²) in [5.41, 5.74) is 1.39. The monoisotopic (exact) mass is 358 g/mol. The molecule has 0 saturated carbocycles. The van der Waals surface area contributed by atoms with Crippen LogP contribution in [0.4, 0.5) is 0 Å². The molecule has 1 heterocycles. The molecule has 1 unspecified atom stereocenters. The van der Waals surface area contributed by atoms with Crippen LogP contribution in [0, 0.1) is 0 Å². The summed E-state index contributed by atoms with van der Waals surface area (Å²) in [6.07, 6.45) is 21.0. The molecule has 1 fully saturated rings. The molecule has 1 aliphatic rings. The topological polar surface area (TPSA) is 21.8 Å². The lowest BCUT2D eigenvalue weighted by molar-refractivity contribution is 0.263. The Labute approximate surface area is 161 Å². The Balaban J connectivity index is 1.41. The summed E-state index contributed by atoms with van der Waals surface area (Å²) >= 11 is 0. The molecule has 1 aliphatic heterocycles. The number of unbranched alkanes of at least 4 members (excludes halogenated alkanes) is 9. The van der Waals surface area contributed by atoms with Gasteiger partial charge in [0, 0.05) is 0 Å². The minimum absolute atomic E-state index is 0.328. The van der Waals surface area contributed by atoms with E-state index in [1.54, 1.807) is 0 Å². The summed E-state index contributed by atoms with van der Waals surface area (Å²) in [7, 11) is 0. The van der Waals surface area contributed by atoms with Crippen LogP contribution in [0.25, 0.3) is 0 Å². The summed E-state index contributed by atoms with van der Waals surface area (Å²) < 4.78 is 10.9. The van der Waals surface area contributed by atoms with E-state index in [0.29, 0.717) is 12.7 Å². The molecule has 0 radical (unpaired) electrons. The fourth-order valence-electron chi connectivity index (χ4n) is 3.19. The Kier molecular flexibility index (Phi) is 11.2. The normalized spacial score (nSPS) is 16.3. The highest BCUT2D eigenvalue weighted by Crippen LogP contribution is 2.18. The second-order valence-corrected chi connectivity index (χ2v) is 7.54. The lowest BCUT2D eigenvalue weighted by Crippen LogP contribution is -2.04. The summed E-state index contributed by atoms with van der Waals surface area (Å²) in [5, 5.41) is 0. The molecule has 0 amide bonds. The van der Waals surface area contributed by atoms with Crippen molar-refractivity contribution in [2.75, 3.05) is 13.2 Å². The van der Waals surface area contributed by atoms with E-state index in [1.165, 1.54) is 76.2 Å². The molecule has 1 atom stereocenters. The molecule has 2 rings (SSSR count). The number of epoxide rings is 1. The van der Waals surface area contributed by atoms with Gasteiger partial charge in [0.05, 0.1) is 6.61 Å². The third-order valence-corrected chi connectivity index (χ3v) is 4.96. The van der Waals surface area contributed by atoms with E-state index in [2.05, 4.69) is 37.3 Å². The Hall–Kier alpha value is -1.28. The Bertz CT molecular complexity index is 491. The van der Waals surface area contributed by atoms with Gasteiger partial charge in [0.2, 0.25) is 0 Å². The van der Waals surface area contributed by atoms with Crippen LogP contribution in [0.15, 0.2) is 36.4 Å². The van der Waals surface area contributed by atoms with E-state index in [-0.39, 0.29) is 0 Å². The van der Waals surface area contributed by atoms with Crippen molar-refractivity contribution in [3.8, 4) is 5.75 Å². The predicted octanol–water partition coefficient (Wildman–Crippen LogP) is 6.87. The Morgan fingerprint density at radius 1 is 0.962 bits per heavy atom. The number of ether oxygens (including phenoxy) is 2.